The van der Waals surface area contributed by atoms with Crippen LogP contribution in [0.3, 0.4) is 0 Å². The maximum atomic E-state index is 12.7. The summed E-state index contributed by atoms with van der Waals surface area (Å²) in [7, 11) is 0. The highest BCUT2D eigenvalue weighted by Gasteiger charge is 2.27. The molecule has 7 nitrogen and oxygen atoms in total. The summed E-state index contributed by atoms with van der Waals surface area (Å²) in [6, 6.07) is 5.89. The number of nitrogens with zero attached hydrogens (tertiary/aromatic N) is 3. The Labute approximate surface area is 167 Å². The maximum Gasteiger partial charge on any atom is 0.241 e. The number of rotatable bonds is 5. The van der Waals surface area contributed by atoms with Crippen LogP contribution in [0.15, 0.2) is 18.2 Å². The van der Waals surface area contributed by atoms with Crippen LogP contribution >= 0.6 is 0 Å². The first-order valence-electron chi connectivity index (χ1n) is 10.1. The summed E-state index contributed by atoms with van der Waals surface area (Å²) in [5.41, 5.74) is 3.08. The molecule has 2 heterocycles. The normalized spacial score (nSPS) is 20.0. The number of carbonyl (C=O) groups excluding carboxylic acids is 2. The molecule has 2 saturated heterocycles. The molecule has 154 valence electrons. The molecule has 2 amide bonds. The molecule has 0 radical (unpaired) electrons. The van der Waals surface area contributed by atoms with Gasteiger partial charge in [-0.1, -0.05) is 12.1 Å². The molecular formula is C21H32N4O3. The molecule has 1 aromatic carbocycles. The summed E-state index contributed by atoms with van der Waals surface area (Å²) in [5.74, 6) is 0.198. The van der Waals surface area contributed by atoms with Crippen molar-refractivity contribution in [2.75, 3.05) is 64.3 Å². The van der Waals surface area contributed by atoms with Crippen molar-refractivity contribution < 1.29 is 14.3 Å². The Hall–Kier alpha value is -1.96. The molecule has 0 aromatic heterocycles. The number of anilines is 1. The van der Waals surface area contributed by atoms with Gasteiger partial charge < -0.3 is 15.0 Å². The fraction of sp³-hybridized carbons (Fsp3) is 0.619. The molecule has 1 aromatic rings. The lowest BCUT2D eigenvalue weighted by molar-refractivity contribution is -0.137. The van der Waals surface area contributed by atoms with Gasteiger partial charge in [-0.2, -0.15) is 0 Å². The number of ether oxygens (including phenoxy) is 1. The van der Waals surface area contributed by atoms with E-state index in [-0.39, 0.29) is 17.9 Å². The van der Waals surface area contributed by atoms with Gasteiger partial charge in [0.1, 0.15) is 0 Å². The Balaban J connectivity index is 1.46. The van der Waals surface area contributed by atoms with Crippen LogP contribution in [0, 0.1) is 13.8 Å². The molecule has 7 heteroatoms. The van der Waals surface area contributed by atoms with Crippen LogP contribution in [-0.4, -0.2) is 91.6 Å². The molecule has 28 heavy (non-hydrogen) atoms. The Morgan fingerprint density at radius 1 is 1.07 bits per heavy atom. The van der Waals surface area contributed by atoms with Gasteiger partial charge >= 0.3 is 0 Å². The Morgan fingerprint density at radius 3 is 2.43 bits per heavy atom. The standard InChI is InChI=1S/C21H32N4O3/c1-16-4-5-17(2)19(14-16)22-21(27)18(3)24-8-6-23(7-9-24)15-20(26)25-10-12-28-13-11-25/h4-5,14,18H,6-13,15H2,1-3H3,(H,22,27). The van der Waals surface area contributed by atoms with Gasteiger partial charge in [-0.3, -0.25) is 19.4 Å². The van der Waals surface area contributed by atoms with E-state index in [9.17, 15) is 9.59 Å². The molecule has 2 fully saturated rings. The van der Waals surface area contributed by atoms with Crippen molar-refractivity contribution >= 4 is 17.5 Å². The van der Waals surface area contributed by atoms with Gasteiger partial charge in [0, 0.05) is 45.0 Å². The summed E-state index contributed by atoms with van der Waals surface area (Å²) < 4.78 is 5.31. The number of nitrogens with one attached hydrogen (secondary N) is 1. The van der Waals surface area contributed by atoms with Crippen molar-refractivity contribution in [3.63, 3.8) is 0 Å². The predicted molar refractivity (Wildman–Crippen MR) is 109 cm³/mol. The molecule has 0 spiro atoms. The lowest BCUT2D eigenvalue weighted by Gasteiger charge is -2.38. The number of morpholine rings is 1. The van der Waals surface area contributed by atoms with Crippen LogP contribution in [0.1, 0.15) is 18.1 Å². The first-order valence-corrected chi connectivity index (χ1v) is 10.1. The molecule has 2 aliphatic rings. The van der Waals surface area contributed by atoms with Gasteiger partial charge in [0.15, 0.2) is 0 Å². The topological polar surface area (TPSA) is 65.1 Å². The van der Waals surface area contributed by atoms with Gasteiger partial charge in [-0.15, -0.1) is 0 Å². The minimum absolute atomic E-state index is 0.0199. The van der Waals surface area contributed by atoms with Crippen LogP contribution in [0.4, 0.5) is 5.69 Å². The first kappa shape index (κ1) is 20.8. The van der Waals surface area contributed by atoms with Gasteiger partial charge in [0.25, 0.3) is 0 Å². The molecule has 3 rings (SSSR count). The van der Waals surface area contributed by atoms with Crippen LogP contribution in [0.25, 0.3) is 0 Å². The molecule has 0 saturated carbocycles. The van der Waals surface area contributed by atoms with Crippen molar-refractivity contribution in [2.24, 2.45) is 0 Å². The first-order chi connectivity index (χ1) is 13.4. The van der Waals surface area contributed by atoms with E-state index in [0.717, 1.165) is 43.0 Å². The predicted octanol–water partition coefficient (Wildman–Crippen LogP) is 1.11. The fourth-order valence-electron chi connectivity index (χ4n) is 3.69. The van der Waals surface area contributed by atoms with Crippen molar-refractivity contribution in [1.29, 1.82) is 0 Å². The largest absolute Gasteiger partial charge is 0.378 e. The summed E-state index contributed by atoms with van der Waals surface area (Å²) in [6.07, 6.45) is 0. The SMILES string of the molecule is Cc1ccc(C)c(NC(=O)C(C)N2CCN(CC(=O)N3CCOCC3)CC2)c1. The second kappa shape index (κ2) is 9.49. The highest BCUT2D eigenvalue weighted by molar-refractivity contribution is 5.95. The zero-order chi connectivity index (χ0) is 20.1. The van der Waals surface area contributed by atoms with Gasteiger partial charge in [0.2, 0.25) is 11.8 Å². The van der Waals surface area contributed by atoms with Crippen LogP contribution in [0.5, 0.6) is 0 Å². The lowest BCUT2D eigenvalue weighted by Crippen LogP contribution is -2.55. The second-order valence-electron chi connectivity index (χ2n) is 7.79. The van der Waals surface area contributed by atoms with E-state index >= 15 is 0 Å². The highest BCUT2D eigenvalue weighted by Crippen LogP contribution is 2.17. The third-order valence-electron chi connectivity index (χ3n) is 5.71. The Kier molecular flexibility index (Phi) is 7.04. The monoisotopic (exact) mass is 388 g/mol. The van der Waals surface area contributed by atoms with Gasteiger partial charge in [-0.05, 0) is 38.0 Å². The molecule has 1 N–H and O–H groups in total. The van der Waals surface area contributed by atoms with E-state index in [1.54, 1.807) is 0 Å². The zero-order valence-corrected chi connectivity index (χ0v) is 17.2. The second-order valence-corrected chi connectivity index (χ2v) is 7.79. The lowest BCUT2D eigenvalue weighted by atomic mass is 10.1. The number of benzene rings is 1. The summed E-state index contributed by atoms with van der Waals surface area (Å²) >= 11 is 0. The van der Waals surface area contributed by atoms with Crippen molar-refractivity contribution in [3.05, 3.63) is 29.3 Å². The molecule has 0 bridgehead atoms. The fourth-order valence-corrected chi connectivity index (χ4v) is 3.69. The Morgan fingerprint density at radius 2 is 1.75 bits per heavy atom. The van der Waals surface area contributed by atoms with E-state index < -0.39 is 0 Å². The quantitative estimate of drug-likeness (QED) is 0.819. The highest BCUT2D eigenvalue weighted by atomic mass is 16.5. The van der Waals surface area contributed by atoms with Crippen molar-refractivity contribution in [1.82, 2.24) is 14.7 Å². The number of aryl methyl sites for hydroxylation is 2. The molecule has 1 atom stereocenters. The van der Waals surface area contributed by atoms with E-state index in [1.165, 1.54) is 0 Å². The van der Waals surface area contributed by atoms with Gasteiger partial charge in [0.05, 0.1) is 25.8 Å². The summed E-state index contributed by atoms with van der Waals surface area (Å²) in [6.45, 7) is 12.3. The molecule has 0 aliphatic carbocycles. The number of amides is 2. The van der Waals surface area contributed by atoms with Gasteiger partial charge in [-0.25, -0.2) is 0 Å². The third kappa shape index (κ3) is 5.31. The van der Waals surface area contributed by atoms with E-state index in [2.05, 4.69) is 15.1 Å². The Bertz CT molecular complexity index is 695. The number of hydrogen-bond donors (Lipinski definition) is 1. The minimum Gasteiger partial charge on any atom is -0.378 e. The number of piperazine rings is 1. The average molecular weight is 389 g/mol. The van der Waals surface area contributed by atoms with E-state index in [4.69, 9.17) is 4.74 Å². The molecule has 1 unspecified atom stereocenters. The summed E-state index contributed by atoms with van der Waals surface area (Å²) in [5, 5.41) is 3.07. The zero-order valence-electron chi connectivity index (χ0n) is 17.2. The van der Waals surface area contributed by atoms with Crippen LogP contribution in [0.2, 0.25) is 0 Å². The average Bonchev–Trinajstić information content (AvgIpc) is 2.71. The van der Waals surface area contributed by atoms with Crippen molar-refractivity contribution in [2.45, 2.75) is 26.8 Å². The smallest absolute Gasteiger partial charge is 0.241 e. The third-order valence-corrected chi connectivity index (χ3v) is 5.71. The minimum atomic E-state index is -0.197. The number of hydrogen-bond acceptors (Lipinski definition) is 5. The maximum absolute atomic E-state index is 12.7. The van der Waals surface area contributed by atoms with Crippen LogP contribution < -0.4 is 5.32 Å². The molecule has 2 aliphatic heterocycles. The van der Waals surface area contributed by atoms with E-state index in [1.807, 2.05) is 43.9 Å². The van der Waals surface area contributed by atoms with Crippen LogP contribution in [-0.2, 0) is 14.3 Å². The summed E-state index contributed by atoms with van der Waals surface area (Å²) in [4.78, 5) is 31.4. The number of carbonyl (C=O) groups is 2. The van der Waals surface area contributed by atoms with Crippen molar-refractivity contribution in [3.8, 4) is 0 Å². The van der Waals surface area contributed by atoms with E-state index in [0.29, 0.717) is 32.8 Å². The molecular weight excluding hydrogens is 356 g/mol.